The number of aromatic nitrogens is 1. The molecular weight excluding hydrogens is 433 g/mol. The van der Waals surface area contributed by atoms with Crippen molar-refractivity contribution in [2.45, 2.75) is 17.9 Å². The lowest BCUT2D eigenvalue weighted by atomic mass is 10.1. The molecule has 0 spiro atoms. The highest BCUT2D eigenvalue weighted by Crippen LogP contribution is 2.27. The lowest BCUT2D eigenvalue weighted by Crippen LogP contribution is -2.26. The third-order valence-corrected chi connectivity index (χ3v) is 6.21. The number of rotatable bonds is 6. The molecule has 0 aliphatic heterocycles. The second kappa shape index (κ2) is 8.82. The van der Waals surface area contributed by atoms with Gasteiger partial charge in [-0.05, 0) is 61.0 Å². The van der Waals surface area contributed by atoms with Crippen LogP contribution in [0, 0.1) is 0 Å². The first-order valence-corrected chi connectivity index (χ1v) is 10.8. The molecule has 1 amide bonds. The monoisotopic (exact) mass is 449 g/mol. The van der Waals surface area contributed by atoms with Crippen LogP contribution in [0.1, 0.15) is 28.9 Å². The quantitative estimate of drug-likeness (QED) is 0.571. The zero-order chi connectivity index (χ0) is 21.0. The second-order valence-electron chi connectivity index (χ2n) is 6.24. The third kappa shape index (κ3) is 5.26. The summed E-state index contributed by atoms with van der Waals surface area (Å²) in [6.45, 7) is 1.85. The number of pyridine rings is 1. The molecule has 0 radical (unpaired) electrons. The second-order valence-corrected chi connectivity index (χ2v) is 8.73. The Morgan fingerprint density at radius 1 is 1.07 bits per heavy atom. The highest BCUT2D eigenvalue weighted by molar-refractivity contribution is 7.92. The van der Waals surface area contributed by atoms with Crippen molar-refractivity contribution in [2.75, 3.05) is 4.72 Å². The summed E-state index contributed by atoms with van der Waals surface area (Å²) in [5.74, 6) is -0.284. The van der Waals surface area contributed by atoms with Gasteiger partial charge >= 0.3 is 0 Å². The number of halogens is 2. The molecule has 0 saturated carbocycles. The molecule has 1 heterocycles. The molecule has 0 aliphatic rings. The first kappa shape index (κ1) is 21.1. The van der Waals surface area contributed by atoms with Crippen LogP contribution >= 0.6 is 23.2 Å². The van der Waals surface area contributed by atoms with Crippen LogP contribution in [0.4, 0.5) is 5.69 Å². The summed E-state index contributed by atoms with van der Waals surface area (Å²) in [5.41, 5.74) is 1.56. The Hall–Kier alpha value is -2.61. The molecule has 6 nitrogen and oxygen atoms in total. The predicted molar refractivity (Wildman–Crippen MR) is 114 cm³/mol. The van der Waals surface area contributed by atoms with Crippen LogP contribution < -0.4 is 10.0 Å². The van der Waals surface area contributed by atoms with E-state index in [1.807, 2.05) is 13.0 Å². The number of benzene rings is 2. The van der Waals surface area contributed by atoms with Crippen LogP contribution in [-0.2, 0) is 10.0 Å². The summed E-state index contributed by atoms with van der Waals surface area (Å²) in [7, 11) is -3.93. The average molecular weight is 450 g/mol. The van der Waals surface area contributed by atoms with Crippen molar-refractivity contribution in [1.29, 1.82) is 0 Å². The van der Waals surface area contributed by atoms with E-state index in [0.717, 1.165) is 5.56 Å². The molecule has 29 heavy (non-hydrogen) atoms. The Morgan fingerprint density at radius 2 is 1.79 bits per heavy atom. The number of nitrogens with one attached hydrogen (secondary N) is 2. The Labute approximate surface area is 178 Å². The van der Waals surface area contributed by atoms with Crippen molar-refractivity contribution in [3.8, 4) is 0 Å². The van der Waals surface area contributed by atoms with Gasteiger partial charge in [0.15, 0.2) is 0 Å². The Balaban J connectivity index is 1.71. The summed E-state index contributed by atoms with van der Waals surface area (Å²) >= 11 is 11.8. The van der Waals surface area contributed by atoms with Gasteiger partial charge in [-0.1, -0.05) is 29.3 Å². The van der Waals surface area contributed by atoms with Crippen LogP contribution in [0.25, 0.3) is 0 Å². The molecule has 0 aliphatic carbocycles. The van der Waals surface area contributed by atoms with Gasteiger partial charge in [0.05, 0.1) is 11.1 Å². The number of amides is 1. The maximum Gasteiger partial charge on any atom is 0.263 e. The SMILES string of the molecule is CC(NC(=O)c1ccc(NS(=O)(=O)c2cc(Cl)ccc2Cl)cc1)c1cccnc1. The first-order chi connectivity index (χ1) is 13.8. The van der Waals surface area contributed by atoms with E-state index < -0.39 is 10.0 Å². The predicted octanol–water partition coefficient (Wildman–Crippen LogP) is 4.68. The van der Waals surface area contributed by atoms with Crippen LogP contribution in [0.5, 0.6) is 0 Å². The van der Waals surface area contributed by atoms with Gasteiger partial charge in [0.25, 0.3) is 15.9 Å². The maximum atomic E-state index is 12.6. The number of hydrogen-bond acceptors (Lipinski definition) is 4. The van der Waals surface area contributed by atoms with Crippen LogP contribution in [0.2, 0.25) is 10.0 Å². The number of hydrogen-bond donors (Lipinski definition) is 2. The van der Waals surface area contributed by atoms with E-state index in [-0.39, 0.29) is 32.6 Å². The van der Waals surface area contributed by atoms with Crippen molar-refractivity contribution in [3.05, 3.63) is 88.2 Å². The van der Waals surface area contributed by atoms with E-state index in [1.54, 1.807) is 18.5 Å². The summed E-state index contributed by atoms with van der Waals surface area (Å²) in [6, 6.07) is 13.7. The van der Waals surface area contributed by atoms with E-state index in [4.69, 9.17) is 23.2 Å². The highest BCUT2D eigenvalue weighted by Gasteiger charge is 2.19. The summed E-state index contributed by atoms with van der Waals surface area (Å²) in [6.07, 6.45) is 3.35. The summed E-state index contributed by atoms with van der Waals surface area (Å²) in [5, 5.41) is 3.18. The Kier molecular flexibility index (Phi) is 6.42. The number of carbonyl (C=O) groups excluding carboxylic acids is 1. The van der Waals surface area contributed by atoms with Crippen LogP contribution in [0.15, 0.2) is 71.9 Å². The molecule has 2 aromatic carbocycles. The third-order valence-electron chi connectivity index (χ3n) is 4.11. The first-order valence-electron chi connectivity index (χ1n) is 8.55. The topological polar surface area (TPSA) is 88.2 Å². The van der Waals surface area contributed by atoms with E-state index in [1.165, 1.54) is 42.5 Å². The molecule has 2 N–H and O–H groups in total. The average Bonchev–Trinajstić information content (AvgIpc) is 2.70. The molecule has 3 aromatic rings. The zero-order valence-electron chi connectivity index (χ0n) is 15.3. The smallest absolute Gasteiger partial charge is 0.263 e. The van der Waals surface area contributed by atoms with Gasteiger partial charge < -0.3 is 5.32 Å². The molecule has 9 heteroatoms. The molecular formula is C20H17Cl2N3O3S. The molecule has 1 unspecified atom stereocenters. The molecule has 0 bridgehead atoms. The van der Waals surface area contributed by atoms with Crippen molar-refractivity contribution in [1.82, 2.24) is 10.3 Å². The Bertz CT molecular complexity index is 1120. The highest BCUT2D eigenvalue weighted by atomic mass is 35.5. The fourth-order valence-corrected chi connectivity index (χ4v) is 4.40. The fraction of sp³-hybridized carbons (Fsp3) is 0.100. The van der Waals surface area contributed by atoms with Crippen molar-refractivity contribution >= 4 is 44.8 Å². The lowest BCUT2D eigenvalue weighted by Gasteiger charge is -2.14. The van der Waals surface area contributed by atoms with E-state index in [0.29, 0.717) is 5.56 Å². The fourth-order valence-electron chi connectivity index (χ4n) is 2.58. The largest absolute Gasteiger partial charge is 0.345 e. The normalized spacial score (nSPS) is 12.2. The van der Waals surface area contributed by atoms with E-state index in [2.05, 4.69) is 15.0 Å². The van der Waals surface area contributed by atoms with Gasteiger partial charge in [0.1, 0.15) is 4.90 Å². The summed E-state index contributed by atoms with van der Waals surface area (Å²) in [4.78, 5) is 16.3. The molecule has 1 atom stereocenters. The maximum absolute atomic E-state index is 12.6. The van der Waals surface area contributed by atoms with Crippen molar-refractivity contribution in [3.63, 3.8) is 0 Å². The standard InChI is InChI=1S/C20H17Cl2N3O3S/c1-13(15-3-2-10-23-12-15)24-20(26)14-4-7-17(8-5-14)25-29(27,28)19-11-16(21)6-9-18(19)22/h2-13,25H,1H3,(H,24,26). The minimum Gasteiger partial charge on any atom is -0.345 e. The lowest BCUT2D eigenvalue weighted by molar-refractivity contribution is 0.0940. The Morgan fingerprint density at radius 3 is 2.45 bits per heavy atom. The molecule has 0 saturated heterocycles. The van der Waals surface area contributed by atoms with Gasteiger partial charge in [-0.2, -0.15) is 0 Å². The molecule has 150 valence electrons. The van der Waals surface area contributed by atoms with Gasteiger partial charge in [-0.25, -0.2) is 8.42 Å². The summed E-state index contributed by atoms with van der Waals surface area (Å²) < 4.78 is 27.5. The minimum atomic E-state index is -3.93. The van der Waals surface area contributed by atoms with Crippen molar-refractivity contribution < 1.29 is 13.2 Å². The number of sulfonamides is 1. The van der Waals surface area contributed by atoms with Gasteiger partial charge in [0, 0.05) is 28.7 Å². The van der Waals surface area contributed by atoms with Crippen LogP contribution in [-0.4, -0.2) is 19.3 Å². The van der Waals surface area contributed by atoms with E-state index in [9.17, 15) is 13.2 Å². The van der Waals surface area contributed by atoms with Crippen molar-refractivity contribution in [2.24, 2.45) is 0 Å². The minimum absolute atomic E-state index is 0.0577. The zero-order valence-corrected chi connectivity index (χ0v) is 17.6. The molecule has 0 fully saturated rings. The molecule has 3 rings (SSSR count). The van der Waals surface area contributed by atoms with Gasteiger partial charge in [-0.3, -0.25) is 14.5 Å². The number of carbonyl (C=O) groups is 1. The van der Waals surface area contributed by atoms with Gasteiger partial charge in [0.2, 0.25) is 0 Å². The van der Waals surface area contributed by atoms with E-state index >= 15 is 0 Å². The number of anilines is 1. The van der Waals surface area contributed by atoms with Crippen LogP contribution in [0.3, 0.4) is 0 Å². The molecule has 1 aromatic heterocycles. The van der Waals surface area contributed by atoms with Gasteiger partial charge in [-0.15, -0.1) is 0 Å². The number of nitrogens with zero attached hydrogens (tertiary/aromatic N) is 1.